The zero-order valence-corrected chi connectivity index (χ0v) is 15.4. The molecule has 5 heteroatoms. The SMILES string of the molecule is CC(=O)Nc1ccc(Nc2nc(-c3ccc(C(C)C)cc3)cs2)cc1. The van der Waals surface area contributed by atoms with E-state index < -0.39 is 0 Å². The fourth-order valence-electron chi connectivity index (χ4n) is 2.47. The predicted octanol–water partition coefficient (Wildman–Crippen LogP) is 5.64. The van der Waals surface area contributed by atoms with Crippen molar-refractivity contribution in [1.29, 1.82) is 0 Å². The lowest BCUT2D eigenvalue weighted by molar-refractivity contribution is -0.114. The van der Waals surface area contributed by atoms with Gasteiger partial charge in [0.1, 0.15) is 0 Å². The van der Waals surface area contributed by atoms with Crippen LogP contribution in [0.15, 0.2) is 53.9 Å². The first kappa shape index (κ1) is 17.2. The molecular weight excluding hydrogens is 330 g/mol. The van der Waals surface area contributed by atoms with E-state index in [1.807, 2.05) is 24.3 Å². The van der Waals surface area contributed by atoms with Gasteiger partial charge in [0.25, 0.3) is 0 Å². The molecule has 0 bridgehead atoms. The third kappa shape index (κ3) is 4.45. The first-order chi connectivity index (χ1) is 12.0. The van der Waals surface area contributed by atoms with Gasteiger partial charge < -0.3 is 10.6 Å². The van der Waals surface area contributed by atoms with E-state index in [0.717, 1.165) is 27.8 Å². The maximum Gasteiger partial charge on any atom is 0.221 e. The molecule has 0 fully saturated rings. The minimum atomic E-state index is -0.0752. The van der Waals surface area contributed by atoms with Crippen molar-refractivity contribution in [2.24, 2.45) is 0 Å². The monoisotopic (exact) mass is 351 g/mol. The van der Waals surface area contributed by atoms with Crippen molar-refractivity contribution in [3.8, 4) is 11.3 Å². The third-order valence-electron chi connectivity index (χ3n) is 3.83. The van der Waals surface area contributed by atoms with Crippen molar-refractivity contribution in [2.75, 3.05) is 10.6 Å². The summed E-state index contributed by atoms with van der Waals surface area (Å²) in [6.07, 6.45) is 0. The van der Waals surface area contributed by atoms with Gasteiger partial charge >= 0.3 is 0 Å². The number of carbonyl (C=O) groups is 1. The van der Waals surface area contributed by atoms with Crippen LogP contribution in [0.3, 0.4) is 0 Å². The molecule has 3 rings (SSSR count). The summed E-state index contributed by atoms with van der Waals surface area (Å²) in [5.74, 6) is 0.455. The number of amides is 1. The molecule has 0 unspecified atom stereocenters. The highest BCUT2D eigenvalue weighted by molar-refractivity contribution is 7.14. The van der Waals surface area contributed by atoms with Crippen LogP contribution in [0.1, 0.15) is 32.3 Å². The number of anilines is 3. The number of nitrogens with zero attached hydrogens (tertiary/aromatic N) is 1. The molecule has 0 aliphatic rings. The van der Waals surface area contributed by atoms with E-state index in [4.69, 9.17) is 0 Å². The highest BCUT2D eigenvalue weighted by Crippen LogP contribution is 2.28. The Balaban J connectivity index is 1.70. The van der Waals surface area contributed by atoms with Gasteiger partial charge in [0.2, 0.25) is 5.91 Å². The Hall–Kier alpha value is -2.66. The van der Waals surface area contributed by atoms with Crippen molar-refractivity contribution in [3.05, 3.63) is 59.5 Å². The lowest BCUT2D eigenvalue weighted by Crippen LogP contribution is -2.05. The Morgan fingerprint density at radius 1 is 1.00 bits per heavy atom. The molecule has 1 heterocycles. The number of hydrogen-bond acceptors (Lipinski definition) is 4. The van der Waals surface area contributed by atoms with Gasteiger partial charge in [-0.2, -0.15) is 0 Å². The molecule has 0 saturated heterocycles. The van der Waals surface area contributed by atoms with Crippen LogP contribution < -0.4 is 10.6 Å². The Kier molecular flexibility index (Phi) is 5.14. The summed E-state index contributed by atoms with van der Waals surface area (Å²) < 4.78 is 0. The van der Waals surface area contributed by atoms with Crippen LogP contribution in [0.2, 0.25) is 0 Å². The maximum atomic E-state index is 11.0. The van der Waals surface area contributed by atoms with Crippen LogP contribution in [-0.4, -0.2) is 10.9 Å². The molecule has 0 saturated carbocycles. The normalized spacial score (nSPS) is 10.7. The summed E-state index contributed by atoms with van der Waals surface area (Å²) in [6, 6.07) is 16.1. The summed E-state index contributed by atoms with van der Waals surface area (Å²) >= 11 is 1.57. The van der Waals surface area contributed by atoms with Crippen molar-refractivity contribution in [2.45, 2.75) is 26.7 Å². The second kappa shape index (κ2) is 7.49. The van der Waals surface area contributed by atoms with E-state index in [9.17, 15) is 4.79 Å². The van der Waals surface area contributed by atoms with Gasteiger partial charge in [-0.25, -0.2) is 4.98 Å². The number of rotatable bonds is 5. The third-order valence-corrected chi connectivity index (χ3v) is 4.59. The molecule has 128 valence electrons. The van der Waals surface area contributed by atoms with Crippen LogP contribution in [0.5, 0.6) is 0 Å². The Labute approximate surface area is 151 Å². The van der Waals surface area contributed by atoms with Crippen molar-refractivity contribution >= 4 is 33.8 Å². The Morgan fingerprint density at radius 3 is 2.24 bits per heavy atom. The molecule has 0 spiro atoms. The first-order valence-corrected chi connectivity index (χ1v) is 9.10. The number of thiazole rings is 1. The van der Waals surface area contributed by atoms with Crippen molar-refractivity contribution in [1.82, 2.24) is 4.98 Å². The number of nitrogens with one attached hydrogen (secondary N) is 2. The molecule has 4 nitrogen and oxygen atoms in total. The Morgan fingerprint density at radius 2 is 1.64 bits per heavy atom. The lowest BCUT2D eigenvalue weighted by atomic mass is 10.0. The van der Waals surface area contributed by atoms with E-state index in [1.54, 1.807) is 11.3 Å². The van der Waals surface area contributed by atoms with Gasteiger partial charge in [-0.15, -0.1) is 11.3 Å². The summed E-state index contributed by atoms with van der Waals surface area (Å²) in [5.41, 5.74) is 5.14. The average Bonchev–Trinajstić information content (AvgIpc) is 3.05. The molecule has 0 radical (unpaired) electrons. The fraction of sp³-hybridized carbons (Fsp3) is 0.200. The highest BCUT2D eigenvalue weighted by atomic mass is 32.1. The second-order valence-electron chi connectivity index (χ2n) is 6.20. The molecule has 2 N–H and O–H groups in total. The van der Waals surface area contributed by atoms with Crippen LogP contribution >= 0.6 is 11.3 Å². The van der Waals surface area contributed by atoms with Gasteiger partial charge in [0.05, 0.1) is 5.69 Å². The van der Waals surface area contributed by atoms with Crippen LogP contribution in [0.4, 0.5) is 16.5 Å². The minimum absolute atomic E-state index is 0.0752. The number of carbonyl (C=O) groups excluding carboxylic acids is 1. The largest absolute Gasteiger partial charge is 0.332 e. The molecular formula is C20H21N3OS. The highest BCUT2D eigenvalue weighted by Gasteiger charge is 2.06. The standard InChI is InChI=1S/C20H21N3OS/c1-13(2)15-4-6-16(7-5-15)19-12-25-20(23-19)22-18-10-8-17(9-11-18)21-14(3)24/h4-13H,1-3H3,(H,21,24)(H,22,23). The maximum absolute atomic E-state index is 11.0. The van der Waals surface area contributed by atoms with E-state index >= 15 is 0 Å². The van der Waals surface area contributed by atoms with E-state index in [0.29, 0.717) is 5.92 Å². The fourth-order valence-corrected chi connectivity index (χ4v) is 3.21. The number of aromatic nitrogens is 1. The zero-order chi connectivity index (χ0) is 17.8. The molecule has 0 aliphatic carbocycles. The van der Waals surface area contributed by atoms with Crippen molar-refractivity contribution in [3.63, 3.8) is 0 Å². The van der Waals surface area contributed by atoms with Gasteiger partial charge in [0, 0.05) is 29.2 Å². The molecule has 0 atom stereocenters. The summed E-state index contributed by atoms with van der Waals surface area (Å²) in [4.78, 5) is 15.7. The van der Waals surface area contributed by atoms with Gasteiger partial charge in [-0.05, 0) is 35.7 Å². The quantitative estimate of drug-likeness (QED) is 0.626. The summed E-state index contributed by atoms with van der Waals surface area (Å²) in [6.45, 7) is 5.88. The van der Waals surface area contributed by atoms with Crippen molar-refractivity contribution < 1.29 is 4.79 Å². The summed E-state index contributed by atoms with van der Waals surface area (Å²) in [7, 11) is 0. The molecule has 1 aromatic heterocycles. The molecule has 0 aliphatic heterocycles. The average molecular weight is 351 g/mol. The first-order valence-electron chi connectivity index (χ1n) is 8.22. The molecule has 3 aromatic rings. The van der Waals surface area contributed by atoms with Gasteiger partial charge in [-0.3, -0.25) is 4.79 Å². The molecule has 25 heavy (non-hydrogen) atoms. The van der Waals surface area contributed by atoms with Gasteiger partial charge in [0.15, 0.2) is 5.13 Å². The number of benzene rings is 2. The second-order valence-corrected chi connectivity index (χ2v) is 7.06. The van der Waals surface area contributed by atoms with E-state index in [2.05, 4.69) is 59.1 Å². The Bertz CT molecular complexity index is 851. The van der Waals surface area contributed by atoms with Gasteiger partial charge in [-0.1, -0.05) is 38.1 Å². The van der Waals surface area contributed by atoms with E-state index in [1.165, 1.54) is 12.5 Å². The zero-order valence-electron chi connectivity index (χ0n) is 14.5. The molecule has 1 amide bonds. The van der Waals surface area contributed by atoms with Crippen LogP contribution in [0, 0.1) is 0 Å². The van der Waals surface area contributed by atoms with Crippen LogP contribution in [0.25, 0.3) is 11.3 Å². The van der Waals surface area contributed by atoms with Crippen LogP contribution in [-0.2, 0) is 4.79 Å². The van der Waals surface area contributed by atoms with E-state index in [-0.39, 0.29) is 5.91 Å². The predicted molar refractivity (Wildman–Crippen MR) is 106 cm³/mol. The topological polar surface area (TPSA) is 54.0 Å². The number of hydrogen-bond donors (Lipinski definition) is 2. The minimum Gasteiger partial charge on any atom is -0.332 e. The molecule has 2 aromatic carbocycles. The summed E-state index contributed by atoms with van der Waals surface area (Å²) in [5, 5.41) is 8.95. The lowest BCUT2D eigenvalue weighted by Gasteiger charge is -2.06. The smallest absolute Gasteiger partial charge is 0.221 e.